The zero-order valence-electron chi connectivity index (χ0n) is 36.8. The van der Waals surface area contributed by atoms with Crippen LogP contribution in [0.15, 0.2) is 247 Å². The van der Waals surface area contributed by atoms with E-state index in [1.54, 1.807) is 0 Å². The summed E-state index contributed by atoms with van der Waals surface area (Å²) in [7, 11) is 0. The second-order valence-corrected chi connectivity index (χ2v) is 17.2. The maximum atomic E-state index is 7.02. The van der Waals surface area contributed by atoms with Crippen molar-refractivity contribution >= 4 is 43.7 Å². The van der Waals surface area contributed by atoms with Crippen molar-refractivity contribution in [3.8, 4) is 84.4 Å². The third-order valence-electron chi connectivity index (χ3n) is 13.0. The summed E-state index contributed by atoms with van der Waals surface area (Å²) < 4.78 is 9.38. The first-order valence-electron chi connectivity index (χ1n) is 22.9. The number of rotatable bonds is 8. The number of fused-ring (bicyclic) bond motifs is 6. The SMILES string of the molecule is c1ccc(-c2cc(-c3ccccc3)cc(-c3cc(-c4ccc5c(c4)c4ccccc4n5-c4ccccc4)cc4c3oc3ccc(-c5nc(-c6ccccc6)nc(-c6ccccc6)n5)cc34)c2)cc1. The van der Waals surface area contributed by atoms with Gasteiger partial charge in [0.25, 0.3) is 0 Å². The Hall–Kier alpha value is -9.19. The monoisotopic (exact) mass is 868 g/mol. The third kappa shape index (κ3) is 6.93. The van der Waals surface area contributed by atoms with Crippen molar-refractivity contribution in [3.05, 3.63) is 243 Å². The lowest BCUT2D eigenvalue weighted by molar-refractivity contribution is 0.670. The van der Waals surface area contributed by atoms with Gasteiger partial charge in [-0.1, -0.05) is 164 Å². The van der Waals surface area contributed by atoms with Crippen molar-refractivity contribution < 1.29 is 4.42 Å². The van der Waals surface area contributed by atoms with E-state index in [0.29, 0.717) is 17.5 Å². The molecule has 5 nitrogen and oxygen atoms in total. The van der Waals surface area contributed by atoms with Gasteiger partial charge in [-0.2, -0.15) is 0 Å². The summed E-state index contributed by atoms with van der Waals surface area (Å²) in [5, 5.41) is 4.39. The van der Waals surface area contributed by atoms with Gasteiger partial charge in [0, 0.05) is 49.5 Å². The highest BCUT2D eigenvalue weighted by atomic mass is 16.3. The Kier molecular flexibility index (Phi) is 9.43. The number of hydrogen-bond donors (Lipinski definition) is 0. The molecule has 0 aliphatic rings. The lowest BCUT2D eigenvalue weighted by atomic mass is 9.90. The fraction of sp³-hybridized carbons (Fsp3) is 0. The molecule has 0 spiro atoms. The quantitative estimate of drug-likeness (QED) is 0.153. The van der Waals surface area contributed by atoms with Gasteiger partial charge in [-0.15, -0.1) is 0 Å². The molecule has 0 amide bonds. The number of nitrogens with zero attached hydrogens (tertiary/aromatic N) is 4. The Bertz CT molecular complexity index is 3880. The van der Waals surface area contributed by atoms with Crippen LogP contribution >= 0.6 is 0 Å². The van der Waals surface area contributed by atoms with Crippen LogP contribution in [0, 0.1) is 0 Å². The zero-order chi connectivity index (χ0) is 45.0. The number of benzene rings is 10. The first kappa shape index (κ1) is 39.2. The molecule has 0 N–H and O–H groups in total. The third-order valence-corrected chi connectivity index (χ3v) is 13.0. The number of hydrogen-bond acceptors (Lipinski definition) is 4. The normalized spacial score (nSPS) is 11.5. The fourth-order valence-corrected chi connectivity index (χ4v) is 9.72. The summed E-state index contributed by atoms with van der Waals surface area (Å²) in [6.07, 6.45) is 0. The number of furan rings is 1. The minimum Gasteiger partial charge on any atom is -0.455 e. The van der Waals surface area contributed by atoms with E-state index in [9.17, 15) is 0 Å². The van der Waals surface area contributed by atoms with Crippen LogP contribution in [-0.2, 0) is 0 Å². The van der Waals surface area contributed by atoms with Gasteiger partial charge < -0.3 is 8.98 Å². The maximum absolute atomic E-state index is 7.02. The fourth-order valence-electron chi connectivity index (χ4n) is 9.72. The van der Waals surface area contributed by atoms with Crippen molar-refractivity contribution in [3.63, 3.8) is 0 Å². The molecule has 10 aromatic carbocycles. The second-order valence-electron chi connectivity index (χ2n) is 17.2. The van der Waals surface area contributed by atoms with Gasteiger partial charge >= 0.3 is 0 Å². The highest BCUT2D eigenvalue weighted by molar-refractivity contribution is 6.14. The molecule has 0 radical (unpaired) electrons. The molecule has 0 fully saturated rings. The molecule has 3 aromatic heterocycles. The summed E-state index contributed by atoms with van der Waals surface area (Å²) >= 11 is 0. The van der Waals surface area contributed by atoms with Crippen LogP contribution in [0.1, 0.15) is 0 Å². The lowest BCUT2D eigenvalue weighted by Crippen LogP contribution is -2.00. The maximum Gasteiger partial charge on any atom is 0.164 e. The van der Waals surface area contributed by atoms with E-state index in [-0.39, 0.29) is 0 Å². The molecule has 0 atom stereocenters. The van der Waals surface area contributed by atoms with E-state index < -0.39 is 0 Å². The van der Waals surface area contributed by atoms with Crippen molar-refractivity contribution in [1.82, 2.24) is 19.5 Å². The van der Waals surface area contributed by atoms with E-state index in [0.717, 1.165) is 94.3 Å². The van der Waals surface area contributed by atoms with E-state index in [4.69, 9.17) is 19.4 Å². The summed E-state index contributed by atoms with van der Waals surface area (Å²) in [6, 6.07) is 85.4. The van der Waals surface area contributed by atoms with Crippen molar-refractivity contribution in [1.29, 1.82) is 0 Å². The van der Waals surface area contributed by atoms with Crippen LogP contribution in [0.5, 0.6) is 0 Å². The van der Waals surface area contributed by atoms with Gasteiger partial charge in [0.1, 0.15) is 11.2 Å². The molecule has 3 heterocycles. The number of aromatic nitrogens is 4. The Morgan fingerprint density at radius 2 is 0.735 bits per heavy atom. The average Bonchev–Trinajstić information content (AvgIpc) is 3.96. The van der Waals surface area contributed by atoms with Crippen LogP contribution < -0.4 is 0 Å². The van der Waals surface area contributed by atoms with Crippen molar-refractivity contribution in [2.24, 2.45) is 0 Å². The molecule has 68 heavy (non-hydrogen) atoms. The van der Waals surface area contributed by atoms with Crippen molar-refractivity contribution in [2.75, 3.05) is 0 Å². The van der Waals surface area contributed by atoms with Gasteiger partial charge in [-0.3, -0.25) is 0 Å². The van der Waals surface area contributed by atoms with Crippen LogP contribution in [0.4, 0.5) is 0 Å². The van der Waals surface area contributed by atoms with Gasteiger partial charge in [0.2, 0.25) is 0 Å². The smallest absolute Gasteiger partial charge is 0.164 e. The molecule has 0 saturated heterocycles. The average molecular weight is 869 g/mol. The van der Waals surface area contributed by atoms with Crippen molar-refractivity contribution in [2.45, 2.75) is 0 Å². The molecule has 318 valence electrons. The molecule has 0 bridgehead atoms. The standard InChI is InChI=1S/C63H40N4O/c1-6-18-41(19-7-1)47-34-48(42-20-8-2-9-21-42)36-50(35-47)53-39-49(45-30-32-58-54(37-45)52-28-16-17-29-57(52)67(58)51-26-14-5-15-27-51)40-56-55-38-46(31-33-59(55)68-60(53)56)63-65-61(43-22-10-3-11-23-43)64-62(66-63)44-24-12-4-13-25-44/h1-40H. The molecule has 0 aliphatic carbocycles. The summed E-state index contributed by atoms with van der Waals surface area (Å²) in [5.41, 5.74) is 16.6. The molecule has 0 saturated carbocycles. The van der Waals surface area contributed by atoms with Crippen LogP contribution in [-0.4, -0.2) is 19.5 Å². The van der Waals surface area contributed by atoms with E-state index in [2.05, 4.69) is 187 Å². The minimum atomic E-state index is 0.591. The van der Waals surface area contributed by atoms with Gasteiger partial charge in [-0.05, 0) is 118 Å². The molecule has 0 unspecified atom stereocenters. The molecule has 5 heteroatoms. The Morgan fingerprint density at radius 1 is 0.279 bits per heavy atom. The summed E-state index contributed by atoms with van der Waals surface area (Å²) in [6.45, 7) is 0. The molecular formula is C63H40N4O. The van der Waals surface area contributed by atoms with Crippen LogP contribution in [0.25, 0.3) is 128 Å². The summed E-state index contributed by atoms with van der Waals surface area (Å²) in [4.78, 5) is 15.2. The highest BCUT2D eigenvalue weighted by Gasteiger charge is 2.21. The van der Waals surface area contributed by atoms with Gasteiger partial charge in [-0.25, -0.2) is 15.0 Å². The predicted octanol–water partition coefficient (Wildman–Crippen LogP) is 16.5. The molecule has 13 aromatic rings. The molecule has 13 rings (SSSR count). The zero-order valence-corrected chi connectivity index (χ0v) is 36.8. The summed E-state index contributed by atoms with van der Waals surface area (Å²) in [5.74, 6) is 1.83. The molecule has 0 aliphatic heterocycles. The topological polar surface area (TPSA) is 56.7 Å². The Labute approximate surface area is 392 Å². The largest absolute Gasteiger partial charge is 0.455 e. The lowest BCUT2D eigenvalue weighted by Gasteiger charge is -2.13. The van der Waals surface area contributed by atoms with Gasteiger partial charge in [0.15, 0.2) is 17.5 Å². The van der Waals surface area contributed by atoms with Crippen LogP contribution in [0.3, 0.4) is 0 Å². The molecular weight excluding hydrogens is 829 g/mol. The highest BCUT2D eigenvalue weighted by Crippen LogP contribution is 2.44. The Balaban J connectivity index is 1.06. The first-order chi connectivity index (χ1) is 33.7. The minimum absolute atomic E-state index is 0.591. The Morgan fingerprint density at radius 3 is 1.35 bits per heavy atom. The van der Waals surface area contributed by atoms with Gasteiger partial charge in [0.05, 0.1) is 11.0 Å². The first-order valence-corrected chi connectivity index (χ1v) is 22.9. The van der Waals surface area contributed by atoms with E-state index in [1.807, 2.05) is 60.7 Å². The van der Waals surface area contributed by atoms with E-state index >= 15 is 0 Å². The second kappa shape index (κ2) is 16.4. The predicted molar refractivity (Wildman–Crippen MR) is 279 cm³/mol. The number of para-hydroxylation sites is 2. The van der Waals surface area contributed by atoms with Crippen LogP contribution in [0.2, 0.25) is 0 Å². The van der Waals surface area contributed by atoms with E-state index in [1.165, 1.54) is 16.3 Å².